The van der Waals surface area contributed by atoms with Gasteiger partial charge in [0.05, 0.1) is 12.6 Å². The van der Waals surface area contributed by atoms with E-state index in [1.165, 1.54) is 0 Å². The lowest BCUT2D eigenvalue weighted by atomic mass is 9.90. The Morgan fingerprint density at radius 2 is 1.62 bits per heavy atom. The molecule has 42 heavy (non-hydrogen) atoms. The van der Waals surface area contributed by atoms with Gasteiger partial charge in [-0.05, 0) is 84.3 Å². The summed E-state index contributed by atoms with van der Waals surface area (Å²) in [6.07, 6.45) is 6.92. The first kappa shape index (κ1) is 27.8. The van der Waals surface area contributed by atoms with E-state index in [1.807, 2.05) is 36.4 Å². The van der Waals surface area contributed by atoms with E-state index in [9.17, 15) is 0 Å². The molecule has 0 radical (unpaired) electrons. The van der Waals surface area contributed by atoms with Crippen molar-refractivity contribution in [2.75, 3.05) is 25.6 Å². The SMILES string of the molecule is COc1cc(-c2cccc(-c3cccc(Nc4nccc5nccnc45)c3C)c2C)cc(F)c1CNC1CCOCC1. The maximum Gasteiger partial charge on any atom is 0.158 e. The predicted octanol–water partition coefficient (Wildman–Crippen LogP) is 7.14. The van der Waals surface area contributed by atoms with Crippen molar-refractivity contribution < 1.29 is 13.9 Å². The Kier molecular flexibility index (Phi) is 8.08. The van der Waals surface area contributed by atoms with E-state index >= 15 is 4.39 Å². The molecule has 0 amide bonds. The van der Waals surface area contributed by atoms with Crippen LogP contribution in [-0.4, -0.2) is 41.3 Å². The van der Waals surface area contributed by atoms with Gasteiger partial charge in [-0.2, -0.15) is 0 Å². The first-order valence-electron chi connectivity index (χ1n) is 14.2. The summed E-state index contributed by atoms with van der Waals surface area (Å²) < 4.78 is 26.7. The number of pyridine rings is 1. The summed E-state index contributed by atoms with van der Waals surface area (Å²) in [4.78, 5) is 13.4. The minimum absolute atomic E-state index is 0.276. The highest BCUT2D eigenvalue weighted by atomic mass is 19.1. The van der Waals surface area contributed by atoms with Crippen LogP contribution in [0.2, 0.25) is 0 Å². The zero-order valence-electron chi connectivity index (χ0n) is 24.1. The second-order valence-electron chi connectivity index (χ2n) is 10.6. The number of benzene rings is 3. The second kappa shape index (κ2) is 12.2. The molecular weight excluding hydrogens is 529 g/mol. The van der Waals surface area contributed by atoms with Crippen molar-refractivity contribution in [3.05, 3.63) is 95.7 Å². The summed E-state index contributed by atoms with van der Waals surface area (Å²) in [7, 11) is 1.60. The predicted molar refractivity (Wildman–Crippen MR) is 165 cm³/mol. The quantitative estimate of drug-likeness (QED) is 0.208. The van der Waals surface area contributed by atoms with E-state index in [0.29, 0.717) is 35.2 Å². The molecule has 3 aromatic carbocycles. The van der Waals surface area contributed by atoms with Gasteiger partial charge in [0, 0.05) is 55.6 Å². The van der Waals surface area contributed by atoms with Crippen molar-refractivity contribution >= 4 is 22.5 Å². The Hall–Kier alpha value is -4.40. The van der Waals surface area contributed by atoms with Crippen molar-refractivity contribution in [3.8, 4) is 28.0 Å². The van der Waals surface area contributed by atoms with E-state index in [2.05, 4.69) is 51.6 Å². The Labute approximate surface area is 245 Å². The molecule has 5 aromatic rings. The van der Waals surface area contributed by atoms with Crippen molar-refractivity contribution in [2.24, 2.45) is 0 Å². The smallest absolute Gasteiger partial charge is 0.158 e. The molecule has 2 aromatic heterocycles. The summed E-state index contributed by atoms with van der Waals surface area (Å²) in [6.45, 7) is 6.05. The van der Waals surface area contributed by atoms with Crippen LogP contribution < -0.4 is 15.4 Å². The van der Waals surface area contributed by atoms with Gasteiger partial charge < -0.3 is 20.1 Å². The summed E-state index contributed by atoms with van der Waals surface area (Å²) >= 11 is 0. The molecule has 2 N–H and O–H groups in total. The third-order valence-electron chi connectivity index (χ3n) is 8.07. The van der Waals surface area contributed by atoms with E-state index in [1.54, 1.807) is 31.8 Å². The fraction of sp³-hybridized carbons (Fsp3) is 0.265. The lowest BCUT2D eigenvalue weighted by Crippen LogP contribution is -2.34. The van der Waals surface area contributed by atoms with Crippen molar-refractivity contribution in [3.63, 3.8) is 0 Å². The van der Waals surface area contributed by atoms with Crippen LogP contribution in [-0.2, 0) is 11.3 Å². The molecule has 1 aliphatic rings. The normalized spacial score (nSPS) is 13.8. The van der Waals surface area contributed by atoms with Gasteiger partial charge >= 0.3 is 0 Å². The number of hydrogen-bond acceptors (Lipinski definition) is 7. The number of anilines is 2. The molecule has 0 aliphatic carbocycles. The van der Waals surface area contributed by atoms with Crippen molar-refractivity contribution in [1.82, 2.24) is 20.3 Å². The lowest BCUT2D eigenvalue weighted by molar-refractivity contribution is 0.0775. The molecule has 7 nitrogen and oxygen atoms in total. The monoisotopic (exact) mass is 563 g/mol. The molecule has 0 bridgehead atoms. The van der Waals surface area contributed by atoms with E-state index in [-0.39, 0.29) is 5.82 Å². The third kappa shape index (κ3) is 5.55. The van der Waals surface area contributed by atoms with Crippen LogP contribution in [0.5, 0.6) is 5.75 Å². The van der Waals surface area contributed by atoms with Gasteiger partial charge in [-0.15, -0.1) is 0 Å². The van der Waals surface area contributed by atoms with Gasteiger partial charge in [-0.3, -0.25) is 4.98 Å². The second-order valence-corrected chi connectivity index (χ2v) is 10.6. The number of nitrogens with zero attached hydrogens (tertiary/aromatic N) is 3. The van der Waals surface area contributed by atoms with Crippen LogP contribution in [0.1, 0.15) is 29.5 Å². The highest BCUT2D eigenvalue weighted by Gasteiger charge is 2.19. The third-order valence-corrected chi connectivity index (χ3v) is 8.07. The average Bonchev–Trinajstić information content (AvgIpc) is 3.02. The zero-order valence-corrected chi connectivity index (χ0v) is 24.1. The molecule has 1 saturated heterocycles. The van der Waals surface area contributed by atoms with E-state index in [4.69, 9.17) is 9.47 Å². The fourth-order valence-electron chi connectivity index (χ4n) is 5.69. The van der Waals surface area contributed by atoms with E-state index < -0.39 is 0 Å². The number of ether oxygens (including phenoxy) is 2. The van der Waals surface area contributed by atoms with Crippen LogP contribution in [0.15, 0.2) is 73.2 Å². The summed E-state index contributed by atoms with van der Waals surface area (Å²) in [5.41, 5.74) is 8.98. The molecule has 0 unspecified atom stereocenters. The molecule has 3 heterocycles. The number of aromatic nitrogens is 3. The van der Waals surface area contributed by atoms with Gasteiger partial charge in [0.1, 0.15) is 17.1 Å². The first-order chi connectivity index (χ1) is 20.5. The Morgan fingerprint density at radius 3 is 2.43 bits per heavy atom. The molecular formula is C34H34FN5O2. The summed E-state index contributed by atoms with van der Waals surface area (Å²) in [6, 6.07) is 18.0. The Balaban J connectivity index is 1.32. The van der Waals surface area contributed by atoms with Crippen LogP contribution >= 0.6 is 0 Å². The van der Waals surface area contributed by atoms with Gasteiger partial charge in [-0.1, -0.05) is 30.3 Å². The number of fused-ring (bicyclic) bond motifs is 1. The number of nitrogens with one attached hydrogen (secondary N) is 2. The van der Waals surface area contributed by atoms with Gasteiger partial charge in [-0.25, -0.2) is 14.4 Å². The largest absolute Gasteiger partial charge is 0.496 e. The lowest BCUT2D eigenvalue weighted by Gasteiger charge is -2.24. The molecule has 1 aliphatic heterocycles. The molecule has 0 spiro atoms. The Bertz CT molecular complexity index is 1730. The molecule has 0 saturated carbocycles. The number of methoxy groups -OCH3 is 1. The maximum atomic E-state index is 15.6. The van der Waals surface area contributed by atoms with Crippen LogP contribution in [0.4, 0.5) is 15.9 Å². The number of halogens is 1. The molecule has 8 heteroatoms. The topological polar surface area (TPSA) is 81.2 Å². The molecule has 214 valence electrons. The standard InChI is InChI=1S/C34H34FN5O2/c1-21-25(23-18-29(35)28(32(19-23)41-3)20-39-24-11-16-42-17-12-24)6-4-7-26(21)27-8-5-9-30(22(27)2)40-34-33-31(10-13-38-34)36-14-15-37-33/h4-10,13-15,18-19,24,39H,11-12,16-17,20H2,1-3H3,(H,38,40). The fourth-order valence-corrected chi connectivity index (χ4v) is 5.69. The average molecular weight is 564 g/mol. The zero-order chi connectivity index (χ0) is 29.1. The van der Waals surface area contributed by atoms with Crippen LogP contribution in [0, 0.1) is 19.7 Å². The minimum atomic E-state index is -0.276. The maximum absolute atomic E-state index is 15.6. The van der Waals surface area contributed by atoms with Crippen LogP contribution in [0.25, 0.3) is 33.3 Å². The van der Waals surface area contributed by atoms with Crippen molar-refractivity contribution in [1.29, 1.82) is 0 Å². The van der Waals surface area contributed by atoms with E-state index in [0.717, 1.165) is 70.6 Å². The van der Waals surface area contributed by atoms with Crippen molar-refractivity contribution in [2.45, 2.75) is 39.3 Å². The Morgan fingerprint density at radius 1 is 0.881 bits per heavy atom. The molecule has 6 rings (SSSR count). The minimum Gasteiger partial charge on any atom is -0.496 e. The first-order valence-corrected chi connectivity index (χ1v) is 14.2. The molecule has 0 atom stereocenters. The van der Waals surface area contributed by atoms with Gasteiger partial charge in [0.25, 0.3) is 0 Å². The number of rotatable bonds is 8. The van der Waals surface area contributed by atoms with Gasteiger partial charge in [0.15, 0.2) is 5.82 Å². The van der Waals surface area contributed by atoms with Crippen LogP contribution in [0.3, 0.4) is 0 Å². The molecule has 1 fully saturated rings. The highest BCUT2D eigenvalue weighted by Crippen LogP contribution is 2.38. The highest BCUT2D eigenvalue weighted by molar-refractivity contribution is 5.89. The summed E-state index contributed by atoms with van der Waals surface area (Å²) in [5.74, 6) is 0.921. The van der Waals surface area contributed by atoms with Gasteiger partial charge in [0.2, 0.25) is 0 Å². The summed E-state index contributed by atoms with van der Waals surface area (Å²) in [5, 5.41) is 6.94. The number of hydrogen-bond donors (Lipinski definition) is 2.